The Hall–Kier alpha value is -5.62. The molecule has 80 heavy (non-hydrogen) atoms. The molecule has 0 radical (unpaired) electrons. The molecule has 0 amide bonds. The van der Waals surface area contributed by atoms with Crippen molar-refractivity contribution < 1.29 is 29.3 Å². The van der Waals surface area contributed by atoms with Crippen LogP contribution in [0.3, 0.4) is 0 Å². The van der Waals surface area contributed by atoms with Crippen molar-refractivity contribution in [1.82, 2.24) is 21.3 Å². The van der Waals surface area contributed by atoms with E-state index in [1.54, 1.807) is 6.07 Å². The quantitative estimate of drug-likeness (QED) is 0.0851. The lowest BCUT2D eigenvalue weighted by Gasteiger charge is -2.56. The Bertz CT molecular complexity index is 3120. The number of aliphatic hydroxyl groups is 1. The lowest BCUT2D eigenvalue weighted by molar-refractivity contribution is -0.135. The fourth-order valence-corrected chi connectivity index (χ4v) is 17.6. The van der Waals surface area contributed by atoms with Gasteiger partial charge in [-0.05, 0) is 232 Å². The Morgan fingerprint density at radius 1 is 0.812 bits per heavy atom. The third-order valence-corrected chi connectivity index (χ3v) is 21.6. The van der Waals surface area contributed by atoms with Crippen molar-refractivity contribution in [1.29, 1.82) is 0 Å². The van der Waals surface area contributed by atoms with Crippen molar-refractivity contribution in [2.24, 2.45) is 52.3 Å². The number of carbonyl (C=O) groups is 2. The predicted molar refractivity (Wildman–Crippen MR) is 314 cm³/mol. The zero-order chi connectivity index (χ0) is 54.5. The molecule has 5 aliphatic heterocycles. The number of cyclic esters (lactones) is 1. The molecule has 3 saturated carbocycles. The van der Waals surface area contributed by atoms with Crippen LogP contribution in [0.25, 0.3) is 16.7 Å². The molecule has 5 fully saturated rings. The van der Waals surface area contributed by atoms with Crippen LogP contribution in [-0.2, 0) is 38.4 Å². The van der Waals surface area contributed by atoms with Crippen molar-refractivity contribution in [3.05, 3.63) is 165 Å². The normalized spacial score (nSPS) is 31.8. The van der Waals surface area contributed by atoms with E-state index in [1.165, 1.54) is 36.0 Å². The number of phenolic OH excluding ortho intramolecular Hbond substituents is 1. The molecule has 420 valence electrons. The second-order valence-corrected chi connectivity index (χ2v) is 25.8. The first-order chi connectivity index (χ1) is 39.1. The van der Waals surface area contributed by atoms with Crippen molar-refractivity contribution in [3.8, 4) is 16.9 Å². The van der Waals surface area contributed by atoms with Gasteiger partial charge in [0.25, 0.3) is 0 Å². The highest BCUT2D eigenvalue weighted by atomic mass is 16.6. The summed E-state index contributed by atoms with van der Waals surface area (Å²) in [5.41, 5.74) is 10.4. The third-order valence-electron chi connectivity index (χ3n) is 21.6. The molecule has 15 rings (SSSR count). The van der Waals surface area contributed by atoms with Crippen molar-refractivity contribution in [2.45, 2.75) is 147 Å². The third kappa shape index (κ3) is 9.86. The van der Waals surface area contributed by atoms with Gasteiger partial charge in [-0.3, -0.25) is 0 Å². The van der Waals surface area contributed by atoms with Crippen molar-refractivity contribution in [3.63, 3.8) is 0 Å². The minimum absolute atomic E-state index is 0.0317. The van der Waals surface area contributed by atoms with E-state index in [4.69, 9.17) is 9.47 Å². The first-order valence-corrected chi connectivity index (χ1v) is 31.1. The molecule has 11 atom stereocenters. The average Bonchev–Trinajstić information content (AvgIpc) is 4.28. The van der Waals surface area contributed by atoms with E-state index in [2.05, 4.69) is 126 Å². The molecule has 10 nitrogen and oxygen atoms in total. The molecule has 2 saturated heterocycles. The molecular formula is C70H84N4O6. The lowest BCUT2D eigenvalue weighted by Crippen LogP contribution is -2.52. The number of allylic oxidation sites excluding steroid dienone is 5. The van der Waals surface area contributed by atoms with Gasteiger partial charge in [-0.2, -0.15) is 0 Å². The van der Waals surface area contributed by atoms with Crippen LogP contribution in [0.5, 0.6) is 5.75 Å². The van der Waals surface area contributed by atoms with E-state index >= 15 is 9.59 Å². The molecule has 1 spiro atoms. The first-order valence-electron chi connectivity index (χ1n) is 31.1. The van der Waals surface area contributed by atoms with E-state index in [1.807, 2.05) is 12.1 Å². The maximum absolute atomic E-state index is 15.3. The fourth-order valence-electron chi connectivity index (χ4n) is 17.6. The first kappa shape index (κ1) is 53.7. The molecule has 11 aliphatic rings. The number of hydrogen-bond donors (Lipinski definition) is 6. The van der Waals surface area contributed by atoms with Gasteiger partial charge in [0.2, 0.25) is 0 Å². The van der Waals surface area contributed by atoms with Crippen LogP contribution in [0.1, 0.15) is 144 Å². The topological polar surface area (TPSA) is 141 Å². The number of piperidine rings is 1. The van der Waals surface area contributed by atoms with Crippen LogP contribution in [0.2, 0.25) is 0 Å². The zero-order valence-electron chi connectivity index (χ0n) is 47.2. The van der Waals surface area contributed by atoms with Crippen LogP contribution >= 0.6 is 0 Å². The van der Waals surface area contributed by atoms with E-state index in [0.717, 1.165) is 148 Å². The predicted octanol–water partition coefficient (Wildman–Crippen LogP) is 12.3. The Morgan fingerprint density at radius 2 is 1.66 bits per heavy atom. The van der Waals surface area contributed by atoms with Crippen LogP contribution in [0, 0.1) is 52.3 Å². The maximum Gasteiger partial charge on any atom is 0.340 e. The summed E-state index contributed by atoms with van der Waals surface area (Å²) in [7, 11) is 2.07. The zero-order valence-corrected chi connectivity index (χ0v) is 47.2. The molecule has 6 N–H and O–H groups in total. The lowest BCUT2D eigenvalue weighted by atomic mass is 9.44. The summed E-state index contributed by atoms with van der Waals surface area (Å²) in [6, 6.07) is 34.3. The van der Waals surface area contributed by atoms with Gasteiger partial charge in [0.1, 0.15) is 17.3 Å². The summed E-state index contributed by atoms with van der Waals surface area (Å²) in [6.45, 7) is 5.25. The van der Waals surface area contributed by atoms with Crippen LogP contribution in [0.15, 0.2) is 137 Å². The van der Waals surface area contributed by atoms with E-state index in [-0.39, 0.29) is 65.1 Å². The van der Waals surface area contributed by atoms with Gasteiger partial charge < -0.3 is 41.0 Å². The van der Waals surface area contributed by atoms with Gasteiger partial charge in [0, 0.05) is 36.2 Å². The number of hydrogen-bond acceptors (Lipinski definition) is 10. The smallest absolute Gasteiger partial charge is 0.340 e. The molecular weight excluding hydrogens is 993 g/mol. The number of aromatic hydroxyl groups is 1. The minimum Gasteiger partial charge on any atom is -0.508 e. The Morgan fingerprint density at radius 3 is 2.51 bits per heavy atom. The Labute approximate surface area is 474 Å². The van der Waals surface area contributed by atoms with Gasteiger partial charge in [-0.15, -0.1) is 0 Å². The summed E-state index contributed by atoms with van der Waals surface area (Å²) in [5, 5.41) is 38.5. The van der Waals surface area contributed by atoms with Gasteiger partial charge >= 0.3 is 11.9 Å². The largest absolute Gasteiger partial charge is 0.508 e. The second kappa shape index (κ2) is 22.6. The monoisotopic (exact) mass is 1080 g/mol. The SMILES string of the molecule is CC[C@H](/C=C1\OC(=O)C2=C3c4cc(O)ccc4-c4cccc(c4)CNCCc4cccc(c4)[C@@H](NC[C@H](O)C4CCCCC4)[C@H]4CC[C@@]([C@@H]5CCN[C@H](NC)C5)(CC=C5OC(=O)C6=C5CC[C@H]5[C@H]3CC[C@@]21[C@@H]65)C4)Cc1ccccc1. The van der Waals surface area contributed by atoms with Gasteiger partial charge in [0.05, 0.1) is 23.3 Å². The number of carbonyl (C=O) groups excluding carboxylic acids is 2. The summed E-state index contributed by atoms with van der Waals surface area (Å²) in [5.74, 6) is 1.95. The number of fused-ring (bicyclic) bond motifs is 5. The van der Waals surface area contributed by atoms with Crippen molar-refractivity contribution in [2.75, 3.05) is 26.7 Å². The second-order valence-electron chi connectivity index (χ2n) is 25.8. The summed E-state index contributed by atoms with van der Waals surface area (Å²) < 4.78 is 13.5. The average molecular weight is 1080 g/mol. The number of aliphatic hydroxyl groups excluding tert-OH is 1. The van der Waals surface area contributed by atoms with E-state index in [0.29, 0.717) is 48.6 Å². The molecule has 6 aliphatic carbocycles. The van der Waals surface area contributed by atoms with Gasteiger partial charge in [-0.1, -0.05) is 105 Å². The molecule has 4 aromatic carbocycles. The fraction of sp³-hybridized carbons (Fsp3) is 0.514. The molecule has 14 bridgehead atoms. The van der Waals surface area contributed by atoms with Crippen molar-refractivity contribution >= 4 is 17.5 Å². The van der Waals surface area contributed by atoms with Crippen LogP contribution in [0.4, 0.5) is 0 Å². The van der Waals surface area contributed by atoms with Gasteiger partial charge in [-0.25, -0.2) is 9.59 Å². The van der Waals surface area contributed by atoms with Crippen LogP contribution < -0.4 is 21.3 Å². The van der Waals surface area contributed by atoms with E-state index in [9.17, 15) is 10.2 Å². The summed E-state index contributed by atoms with van der Waals surface area (Å²) in [4.78, 5) is 30.5. The molecule has 10 heteroatoms. The Kier molecular flexibility index (Phi) is 15.2. The summed E-state index contributed by atoms with van der Waals surface area (Å²) >= 11 is 0. The standard InChI is InChI=1S/C70H84N4O6/c1-3-43(34-44-12-6-4-7-13-44)37-60-70-31-25-54-55-22-23-56-59(79-67(77)63(56)64(55)70)26-30-69(51-28-33-73-61(38-51)71-2)29-24-50(40-69)66(74-42-58(76)47-16-8-5-9-17-47)49-19-10-14-45(35-49)27-32-72-41-46-15-11-18-48(36-46)53-21-20-52(75)39-57(53)62(54)65(70)68(78)80-60/h4,6-7,10-15,18-21,26,35-37,39,43,47,50-51,54-55,58,61,64,66,71-76H,3,5,8-9,16-17,22-25,27-34,38,40-42H2,1-2H3/b59-26?,60-37-/t43-,50-,51+,54+,55-,58-,61-,64+,66+,69+,70+/m0/s1. The maximum atomic E-state index is 15.3. The molecule has 0 aromatic heterocycles. The Balaban J connectivity index is 0.951. The molecule has 5 heterocycles. The van der Waals surface area contributed by atoms with Gasteiger partial charge in [0.15, 0.2) is 0 Å². The number of esters is 2. The number of ether oxygens (including phenoxy) is 2. The highest BCUT2D eigenvalue weighted by Gasteiger charge is 2.68. The highest BCUT2D eigenvalue weighted by Crippen LogP contribution is 2.72. The summed E-state index contributed by atoms with van der Waals surface area (Å²) in [6.07, 6.45) is 22.1. The minimum atomic E-state index is -0.882. The number of nitrogens with one attached hydrogen (secondary N) is 4. The number of rotatable bonds is 10. The number of phenols is 1. The molecule has 4 aromatic rings. The van der Waals surface area contributed by atoms with Crippen LogP contribution in [-0.4, -0.2) is 61.1 Å². The molecule has 0 unspecified atom stereocenters. The van der Waals surface area contributed by atoms with E-state index < -0.39 is 5.41 Å². The highest BCUT2D eigenvalue weighted by molar-refractivity contribution is 6.07. The number of benzene rings is 4.